The van der Waals surface area contributed by atoms with Crippen LogP contribution in [0.1, 0.15) is 24.1 Å². The first-order chi connectivity index (χ1) is 6.24. The van der Waals surface area contributed by atoms with Crippen LogP contribution in [0.2, 0.25) is 0 Å². The van der Waals surface area contributed by atoms with Gasteiger partial charge in [-0.2, -0.15) is 5.26 Å². The third-order valence-electron chi connectivity index (χ3n) is 2.33. The fourth-order valence-corrected chi connectivity index (χ4v) is 1.55. The van der Waals surface area contributed by atoms with Crippen molar-refractivity contribution in [3.8, 4) is 11.8 Å². The fourth-order valence-electron chi connectivity index (χ4n) is 1.55. The molecule has 0 amide bonds. The Morgan fingerprint density at radius 1 is 1.54 bits per heavy atom. The molecule has 3 heteroatoms. The average molecular weight is 174 g/mol. The summed E-state index contributed by atoms with van der Waals surface area (Å²) in [7, 11) is 0. The molecule has 0 saturated carbocycles. The topological polar surface area (TPSA) is 59.0 Å². The van der Waals surface area contributed by atoms with Crippen molar-refractivity contribution in [1.29, 1.82) is 5.26 Å². The van der Waals surface area contributed by atoms with E-state index in [9.17, 15) is 0 Å². The molecule has 0 radical (unpaired) electrons. The number of ether oxygens (including phenoxy) is 1. The van der Waals surface area contributed by atoms with Crippen LogP contribution < -0.4 is 10.5 Å². The van der Waals surface area contributed by atoms with Crippen LogP contribution in [0.5, 0.6) is 5.75 Å². The molecule has 0 aliphatic carbocycles. The minimum atomic E-state index is -0.108. The van der Waals surface area contributed by atoms with E-state index >= 15 is 0 Å². The van der Waals surface area contributed by atoms with Crippen molar-refractivity contribution >= 4 is 0 Å². The summed E-state index contributed by atoms with van der Waals surface area (Å²) in [6.07, 6.45) is -0.0375. The van der Waals surface area contributed by atoms with Gasteiger partial charge in [-0.15, -0.1) is 0 Å². The van der Waals surface area contributed by atoms with Gasteiger partial charge in [0.2, 0.25) is 0 Å². The summed E-state index contributed by atoms with van der Waals surface area (Å²) >= 11 is 0. The largest absolute Gasteiger partial charge is 0.487 e. The van der Waals surface area contributed by atoms with Crippen molar-refractivity contribution in [2.24, 2.45) is 5.73 Å². The van der Waals surface area contributed by atoms with Crippen molar-refractivity contribution in [2.45, 2.75) is 19.1 Å². The van der Waals surface area contributed by atoms with E-state index in [-0.39, 0.29) is 12.1 Å². The smallest absolute Gasteiger partial charge is 0.142 e. The zero-order valence-corrected chi connectivity index (χ0v) is 7.32. The highest BCUT2D eigenvalue weighted by Gasteiger charge is 2.29. The van der Waals surface area contributed by atoms with Crippen LogP contribution in [0.25, 0.3) is 0 Å². The van der Waals surface area contributed by atoms with Gasteiger partial charge >= 0.3 is 0 Å². The Morgan fingerprint density at radius 2 is 2.31 bits per heavy atom. The molecule has 1 heterocycles. The van der Waals surface area contributed by atoms with Gasteiger partial charge in [-0.3, -0.25) is 0 Å². The summed E-state index contributed by atoms with van der Waals surface area (Å²) in [5.41, 5.74) is 7.38. The number of nitrogens with zero attached hydrogens (tertiary/aromatic N) is 1. The molecule has 0 bridgehead atoms. The third kappa shape index (κ3) is 1.07. The van der Waals surface area contributed by atoms with Crippen molar-refractivity contribution in [3.63, 3.8) is 0 Å². The molecule has 3 nitrogen and oxygen atoms in total. The maximum atomic E-state index is 8.80. The van der Waals surface area contributed by atoms with Gasteiger partial charge in [0.15, 0.2) is 0 Å². The molecular formula is C10H10N2O. The summed E-state index contributed by atoms with van der Waals surface area (Å²) in [5.74, 6) is 0.657. The van der Waals surface area contributed by atoms with Gasteiger partial charge < -0.3 is 10.5 Å². The zero-order chi connectivity index (χ0) is 9.42. The SMILES string of the molecule is CC1Oc2c(C#N)cccc2C1N. The van der Waals surface area contributed by atoms with Crippen molar-refractivity contribution in [3.05, 3.63) is 29.3 Å². The summed E-state index contributed by atoms with van der Waals surface area (Å²) in [6.45, 7) is 1.91. The normalized spacial score (nSPS) is 24.7. The van der Waals surface area contributed by atoms with Crippen molar-refractivity contribution in [2.75, 3.05) is 0 Å². The maximum Gasteiger partial charge on any atom is 0.142 e. The molecule has 0 saturated heterocycles. The highest BCUT2D eigenvalue weighted by Crippen LogP contribution is 2.37. The van der Waals surface area contributed by atoms with E-state index in [1.807, 2.05) is 19.1 Å². The number of benzene rings is 1. The molecule has 0 aromatic heterocycles. The molecule has 66 valence electrons. The monoisotopic (exact) mass is 174 g/mol. The van der Waals surface area contributed by atoms with Crippen LogP contribution in [0.3, 0.4) is 0 Å². The predicted molar refractivity (Wildman–Crippen MR) is 48.2 cm³/mol. The van der Waals surface area contributed by atoms with Crippen LogP contribution in [0.4, 0.5) is 0 Å². The molecule has 1 aromatic rings. The van der Waals surface area contributed by atoms with Gasteiger partial charge in [0.1, 0.15) is 17.9 Å². The lowest BCUT2D eigenvalue weighted by Gasteiger charge is -2.07. The van der Waals surface area contributed by atoms with Crippen molar-refractivity contribution in [1.82, 2.24) is 0 Å². The quantitative estimate of drug-likeness (QED) is 0.645. The standard InChI is InChI=1S/C10H10N2O/c1-6-9(12)8-4-2-3-7(5-11)10(8)13-6/h2-4,6,9H,12H2,1H3. The summed E-state index contributed by atoms with van der Waals surface area (Å²) in [5, 5.41) is 8.80. The number of fused-ring (bicyclic) bond motifs is 1. The Bertz CT molecular complexity index is 381. The first-order valence-corrected chi connectivity index (χ1v) is 4.19. The molecule has 1 aromatic carbocycles. The van der Waals surface area contributed by atoms with Gasteiger partial charge in [0.25, 0.3) is 0 Å². The second kappa shape index (κ2) is 2.75. The third-order valence-corrected chi connectivity index (χ3v) is 2.33. The summed E-state index contributed by atoms with van der Waals surface area (Å²) in [6, 6.07) is 7.46. The van der Waals surface area contributed by atoms with Crippen LogP contribution in [0, 0.1) is 11.3 Å². The Kier molecular flexibility index (Phi) is 1.71. The van der Waals surface area contributed by atoms with E-state index in [4.69, 9.17) is 15.7 Å². The van der Waals surface area contributed by atoms with E-state index < -0.39 is 0 Å². The first kappa shape index (κ1) is 8.09. The molecule has 0 spiro atoms. The molecule has 13 heavy (non-hydrogen) atoms. The number of para-hydroxylation sites is 1. The lowest BCUT2D eigenvalue weighted by Crippen LogP contribution is -2.21. The van der Waals surface area contributed by atoms with E-state index in [0.717, 1.165) is 5.56 Å². The molecule has 1 aliphatic rings. The summed E-state index contributed by atoms with van der Waals surface area (Å²) in [4.78, 5) is 0. The maximum absolute atomic E-state index is 8.80. The van der Waals surface area contributed by atoms with E-state index in [1.54, 1.807) is 6.07 Å². The molecule has 1 aliphatic heterocycles. The van der Waals surface area contributed by atoms with Crippen LogP contribution in [-0.2, 0) is 0 Å². The van der Waals surface area contributed by atoms with E-state index in [2.05, 4.69) is 6.07 Å². The lowest BCUT2D eigenvalue weighted by molar-refractivity contribution is 0.228. The van der Waals surface area contributed by atoms with Crippen LogP contribution in [0.15, 0.2) is 18.2 Å². The molecule has 2 atom stereocenters. The molecule has 2 N–H and O–H groups in total. The minimum absolute atomic E-state index is 0.0375. The Hall–Kier alpha value is -1.53. The lowest BCUT2D eigenvalue weighted by atomic mass is 10.0. The van der Waals surface area contributed by atoms with Crippen LogP contribution >= 0.6 is 0 Å². The average Bonchev–Trinajstić information content (AvgIpc) is 2.43. The van der Waals surface area contributed by atoms with E-state index in [0.29, 0.717) is 11.3 Å². The van der Waals surface area contributed by atoms with E-state index in [1.165, 1.54) is 0 Å². The second-order valence-electron chi connectivity index (χ2n) is 3.18. The number of nitriles is 1. The Balaban J connectivity index is 2.57. The second-order valence-corrected chi connectivity index (χ2v) is 3.18. The van der Waals surface area contributed by atoms with Gasteiger partial charge in [0, 0.05) is 5.56 Å². The van der Waals surface area contributed by atoms with Gasteiger partial charge in [-0.25, -0.2) is 0 Å². The number of hydrogen-bond donors (Lipinski definition) is 1. The zero-order valence-electron chi connectivity index (χ0n) is 7.32. The van der Waals surface area contributed by atoms with Crippen molar-refractivity contribution < 1.29 is 4.74 Å². The highest BCUT2D eigenvalue weighted by molar-refractivity contribution is 5.52. The van der Waals surface area contributed by atoms with Gasteiger partial charge in [-0.05, 0) is 13.0 Å². The molecule has 0 fully saturated rings. The fraction of sp³-hybridized carbons (Fsp3) is 0.300. The van der Waals surface area contributed by atoms with Gasteiger partial charge in [0.05, 0.1) is 11.6 Å². The molecule has 2 rings (SSSR count). The number of hydrogen-bond acceptors (Lipinski definition) is 3. The Morgan fingerprint density at radius 3 is 3.00 bits per heavy atom. The highest BCUT2D eigenvalue weighted by atomic mass is 16.5. The Labute approximate surface area is 76.7 Å². The van der Waals surface area contributed by atoms with Crippen LogP contribution in [-0.4, -0.2) is 6.10 Å². The number of rotatable bonds is 0. The summed E-state index contributed by atoms with van der Waals surface area (Å²) < 4.78 is 5.49. The number of nitrogens with two attached hydrogens (primary N) is 1. The molecule has 2 unspecified atom stereocenters. The van der Waals surface area contributed by atoms with Gasteiger partial charge in [-0.1, -0.05) is 12.1 Å². The first-order valence-electron chi connectivity index (χ1n) is 4.19. The predicted octanol–water partition coefficient (Wildman–Crippen LogP) is 1.34. The minimum Gasteiger partial charge on any atom is -0.487 e. The molecular weight excluding hydrogens is 164 g/mol.